The molecule has 6 nitrogen and oxygen atoms in total. The van der Waals surface area contributed by atoms with Crippen molar-refractivity contribution in [3.8, 4) is 0 Å². The third-order valence-electron chi connectivity index (χ3n) is 3.98. The second-order valence-electron chi connectivity index (χ2n) is 5.72. The van der Waals surface area contributed by atoms with Crippen molar-refractivity contribution in [1.29, 1.82) is 0 Å². The van der Waals surface area contributed by atoms with Crippen molar-refractivity contribution in [2.75, 3.05) is 0 Å². The Morgan fingerprint density at radius 3 is 2.42 bits per heavy atom. The van der Waals surface area contributed by atoms with E-state index < -0.39 is 12.0 Å². The minimum absolute atomic E-state index is 0.168. The SMILES string of the molecule is Cc1nn(C)c(C)c1CC(=O)NC(CC(=O)O)c1ccc(Br)cc1. The summed E-state index contributed by atoms with van der Waals surface area (Å²) in [5.74, 6) is -1.18. The van der Waals surface area contributed by atoms with Crippen LogP contribution in [0.4, 0.5) is 0 Å². The van der Waals surface area contributed by atoms with Crippen LogP contribution in [0, 0.1) is 13.8 Å². The number of amides is 1. The van der Waals surface area contributed by atoms with Crippen molar-refractivity contribution >= 4 is 27.8 Å². The van der Waals surface area contributed by atoms with Crippen molar-refractivity contribution in [3.05, 3.63) is 51.3 Å². The number of benzene rings is 1. The predicted octanol–water partition coefficient (Wildman–Crippen LogP) is 2.67. The average Bonchev–Trinajstić information content (AvgIpc) is 2.73. The van der Waals surface area contributed by atoms with E-state index in [1.165, 1.54) is 0 Å². The molecule has 1 aromatic heterocycles. The summed E-state index contributed by atoms with van der Waals surface area (Å²) in [7, 11) is 1.83. The number of aryl methyl sites for hydroxylation is 2. The summed E-state index contributed by atoms with van der Waals surface area (Å²) in [5.41, 5.74) is 3.37. The summed E-state index contributed by atoms with van der Waals surface area (Å²) in [4.78, 5) is 23.5. The van der Waals surface area contributed by atoms with Gasteiger partial charge in [0.15, 0.2) is 0 Å². The van der Waals surface area contributed by atoms with Crippen molar-refractivity contribution in [2.45, 2.75) is 32.7 Å². The topological polar surface area (TPSA) is 84.2 Å². The van der Waals surface area contributed by atoms with Gasteiger partial charge in [0.25, 0.3) is 0 Å². The van der Waals surface area contributed by atoms with Gasteiger partial charge >= 0.3 is 5.97 Å². The molecular weight excluding hydrogens is 374 g/mol. The molecule has 1 unspecified atom stereocenters. The first-order chi connectivity index (χ1) is 11.3. The lowest BCUT2D eigenvalue weighted by atomic mass is 10.0. The minimum atomic E-state index is -0.961. The van der Waals surface area contributed by atoms with Gasteiger partial charge < -0.3 is 10.4 Å². The first-order valence-corrected chi connectivity index (χ1v) is 8.33. The Morgan fingerprint density at radius 2 is 1.92 bits per heavy atom. The number of carboxylic acid groups (broad SMARTS) is 1. The first kappa shape index (κ1) is 18.2. The molecule has 24 heavy (non-hydrogen) atoms. The maximum atomic E-state index is 12.4. The van der Waals surface area contributed by atoms with Gasteiger partial charge in [0, 0.05) is 22.8 Å². The third kappa shape index (κ3) is 4.44. The third-order valence-corrected chi connectivity index (χ3v) is 4.51. The molecule has 0 aliphatic heterocycles. The second-order valence-corrected chi connectivity index (χ2v) is 6.63. The fourth-order valence-electron chi connectivity index (χ4n) is 2.60. The number of rotatable bonds is 6. The van der Waals surface area contributed by atoms with E-state index in [1.54, 1.807) is 16.8 Å². The minimum Gasteiger partial charge on any atom is -0.481 e. The second kappa shape index (κ2) is 7.61. The van der Waals surface area contributed by atoms with E-state index in [1.807, 2.05) is 33.0 Å². The van der Waals surface area contributed by atoms with Gasteiger partial charge in [-0.05, 0) is 31.5 Å². The highest BCUT2D eigenvalue weighted by Gasteiger charge is 2.20. The van der Waals surface area contributed by atoms with E-state index in [-0.39, 0.29) is 18.7 Å². The maximum absolute atomic E-state index is 12.4. The lowest BCUT2D eigenvalue weighted by Gasteiger charge is -2.18. The van der Waals surface area contributed by atoms with E-state index in [2.05, 4.69) is 26.3 Å². The van der Waals surface area contributed by atoms with Crippen LogP contribution in [0.3, 0.4) is 0 Å². The zero-order chi connectivity index (χ0) is 17.9. The number of hydrogen-bond donors (Lipinski definition) is 2. The normalized spacial score (nSPS) is 12.0. The van der Waals surface area contributed by atoms with Crippen LogP contribution in [0.5, 0.6) is 0 Å². The molecule has 0 fully saturated rings. The molecule has 1 amide bonds. The number of aliphatic carboxylic acids is 1. The zero-order valence-corrected chi connectivity index (χ0v) is 15.4. The van der Waals surface area contributed by atoms with Crippen LogP contribution in [0.15, 0.2) is 28.7 Å². The Kier molecular flexibility index (Phi) is 5.77. The largest absolute Gasteiger partial charge is 0.481 e. The van der Waals surface area contributed by atoms with Gasteiger partial charge in [-0.3, -0.25) is 14.3 Å². The molecule has 1 aromatic carbocycles. The van der Waals surface area contributed by atoms with E-state index in [9.17, 15) is 9.59 Å². The molecule has 0 saturated carbocycles. The molecule has 7 heteroatoms. The highest BCUT2D eigenvalue weighted by atomic mass is 79.9. The van der Waals surface area contributed by atoms with E-state index >= 15 is 0 Å². The summed E-state index contributed by atoms with van der Waals surface area (Å²) in [6, 6.07) is 6.69. The molecule has 0 aliphatic rings. The van der Waals surface area contributed by atoms with E-state index in [0.29, 0.717) is 0 Å². The number of carbonyl (C=O) groups is 2. The van der Waals surface area contributed by atoms with Gasteiger partial charge in [-0.15, -0.1) is 0 Å². The Balaban J connectivity index is 2.15. The van der Waals surface area contributed by atoms with E-state index in [4.69, 9.17) is 5.11 Å². The lowest BCUT2D eigenvalue weighted by molar-refractivity contribution is -0.137. The molecule has 0 saturated heterocycles. The highest BCUT2D eigenvalue weighted by molar-refractivity contribution is 9.10. The summed E-state index contributed by atoms with van der Waals surface area (Å²) >= 11 is 3.35. The van der Waals surface area contributed by atoms with Crippen LogP contribution < -0.4 is 5.32 Å². The molecule has 0 spiro atoms. The fourth-order valence-corrected chi connectivity index (χ4v) is 2.87. The van der Waals surface area contributed by atoms with Crippen LogP contribution in [-0.4, -0.2) is 26.8 Å². The standard InChI is InChI=1S/C17H20BrN3O3/c1-10-14(11(2)21(3)20-10)8-16(22)19-15(9-17(23)24)12-4-6-13(18)7-5-12/h4-7,15H,8-9H2,1-3H3,(H,19,22)(H,23,24). The molecule has 2 aromatic rings. The maximum Gasteiger partial charge on any atom is 0.305 e. The summed E-state index contributed by atoms with van der Waals surface area (Å²) in [5, 5.41) is 16.2. The van der Waals surface area contributed by atoms with Gasteiger partial charge in [-0.25, -0.2) is 0 Å². The van der Waals surface area contributed by atoms with Crippen LogP contribution in [0.1, 0.15) is 35.0 Å². The summed E-state index contributed by atoms with van der Waals surface area (Å²) in [6.07, 6.45) is 0.0104. The van der Waals surface area contributed by atoms with Gasteiger partial charge in [-0.1, -0.05) is 28.1 Å². The first-order valence-electron chi connectivity index (χ1n) is 7.53. The smallest absolute Gasteiger partial charge is 0.305 e. The van der Waals surface area contributed by atoms with Crippen molar-refractivity contribution in [1.82, 2.24) is 15.1 Å². The number of carbonyl (C=O) groups excluding carboxylic acids is 1. The van der Waals surface area contributed by atoms with Crippen LogP contribution in [0.25, 0.3) is 0 Å². The van der Waals surface area contributed by atoms with Gasteiger partial charge in [0.2, 0.25) is 5.91 Å². The Morgan fingerprint density at radius 1 is 1.29 bits per heavy atom. The molecule has 0 aliphatic carbocycles. The number of halogens is 1. The average molecular weight is 394 g/mol. The number of nitrogens with one attached hydrogen (secondary N) is 1. The number of carboxylic acids is 1. The quantitative estimate of drug-likeness (QED) is 0.789. The van der Waals surface area contributed by atoms with Crippen molar-refractivity contribution in [2.24, 2.45) is 7.05 Å². The van der Waals surface area contributed by atoms with Crippen LogP contribution in [0.2, 0.25) is 0 Å². The monoisotopic (exact) mass is 393 g/mol. The van der Waals surface area contributed by atoms with Crippen LogP contribution in [-0.2, 0) is 23.1 Å². The lowest BCUT2D eigenvalue weighted by Crippen LogP contribution is -2.31. The summed E-state index contributed by atoms with van der Waals surface area (Å²) in [6.45, 7) is 3.77. The molecule has 1 heterocycles. The predicted molar refractivity (Wildman–Crippen MR) is 93.7 cm³/mol. The van der Waals surface area contributed by atoms with Crippen molar-refractivity contribution < 1.29 is 14.7 Å². The highest BCUT2D eigenvalue weighted by Crippen LogP contribution is 2.20. The Labute approximate surface area is 149 Å². The van der Waals surface area contributed by atoms with Gasteiger partial charge in [-0.2, -0.15) is 5.10 Å². The van der Waals surface area contributed by atoms with E-state index in [0.717, 1.165) is 27.0 Å². The number of nitrogens with zero attached hydrogens (tertiary/aromatic N) is 2. The van der Waals surface area contributed by atoms with Crippen LogP contribution >= 0.6 is 15.9 Å². The number of hydrogen-bond acceptors (Lipinski definition) is 3. The molecule has 2 N–H and O–H groups in total. The van der Waals surface area contributed by atoms with Gasteiger partial charge in [0.1, 0.15) is 0 Å². The molecule has 2 rings (SSSR count). The Bertz CT molecular complexity index is 753. The van der Waals surface area contributed by atoms with Crippen molar-refractivity contribution in [3.63, 3.8) is 0 Å². The summed E-state index contributed by atoms with van der Waals surface area (Å²) < 4.78 is 2.63. The van der Waals surface area contributed by atoms with Gasteiger partial charge in [0.05, 0.1) is 24.6 Å². The molecule has 128 valence electrons. The molecule has 0 radical (unpaired) electrons. The Hall–Kier alpha value is -2.15. The fraction of sp³-hybridized carbons (Fsp3) is 0.353. The zero-order valence-electron chi connectivity index (χ0n) is 13.8. The number of aromatic nitrogens is 2. The molecule has 1 atom stereocenters. The molecular formula is C17H20BrN3O3. The molecule has 0 bridgehead atoms.